The van der Waals surface area contributed by atoms with E-state index in [9.17, 15) is 9.59 Å². The zero-order valence-electron chi connectivity index (χ0n) is 11.6. The average Bonchev–Trinajstić information content (AvgIpc) is 3.20. The molecule has 2 aromatic heterocycles. The maximum absolute atomic E-state index is 11.3. The highest BCUT2D eigenvalue weighted by molar-refractivity contribution is 5.87. The molecule has 22 heavy (non-hydrogen) atoms. The van der Waals surface area contributed by atoms with E-state index in [0.29, 0.717) is 11.5 Å². The Morgan fingerprint density at radius 1 is 0.864 bits per heavy atom. The minimum Gasteiger partial charge on any atom is -0.465 e. The second-order valence-corrected chi connectivity index (χ2v) is 4.03. The van der Waals surface area contributed by atoms with E-state index in [4.69, 9.17) is 18.3 Å². The molecule has 0 N–H and O–H groups in total. The smallest absolute Gasteiger partial charge is 0.331 e. The van der Waals surface area contributed by atoms with Crippen LogP contribution in [0, 0.1) is 0 Å². The van der Waals surface area contributed by atoms with E-state index in [2.05, 4.69) is 0 Å². The molecule has 2 heterocycles. The highest BCUT2D eigenvalue weighted by Gasteiger charge is 2.01. The number of esters is 2. The molecule has 114 valence electrons. The lowest BCUT2D eigenvalue weighted by molar-refractivity contribution is -0.145. The quantitative estimate of drug-likeness (QED) is 0.444. The number of furan rings is 2. The molecule has 0 amide bonds. The van der Waals surface area contributed by atoms with Gasteiger partial charge in [0, 0.05) is 12.2 Å². The van der Waals surface area contributed by atoms with E-state index in [1.165, 1.54) is 36.8 Å². The lowest BCUT2D eigenvalue weighted by Gasteiger charge is -2.02. The number of hydrogen-bond donors (Lipinski definition) is 0. The zero-order chi connectivity index (χ0) is 15.6. The Balaban J connectivity index is 1.60. The van der Waals surface area contributed by atoms with Gasteiger partial charge in [0.1, 0.15) is 24.7 Å². The first-order chi connectivity index (χ1) is 10.7. The molecule has 0 aliphatic heterocycles. The molecule has 0 unspecified atom stereocenters. The van der Waals surface area contributed by atoms with Crippen molar-refractivity contribution < 1.29 is 27.9 Å². The fourth-order valence-electron chi connectivity index (χ4n) is 1.45. The van der Waals surface area contributed by atoms with Crippen molar-refractivity contribution in [3.8, 4) is 0 Å². The first-order valence-corrected chi connectivity index (χ1v) is 6.51. The summed E-state index contributed by atoms with van der Waals surface area (Å²) in [7, 11) is 0. The van der Waals surface area contributed by atoms with Crippen molar-refractivity contribution in [3.63, 3.8) is 0 Å². The summed E-state index contributed by atoms with van der Waals surface area (Å²) in [6.45, 7) is -0.0523. The van der Waals surface area contributed by atoms with Crippen LogP contribution < -0.4 is 0 Å². The van der Waals surface area contributed by atoms with Crippen molar-refractivity contribution >= 4 is 24.1 Å². The molecule has 2 rings (SSSR count). The zero-order valence-corrected chi connectivity index (χ0v) is 11.6. The summed E-state index contributed by atoms with van der Waals surface area (Å²) >= 11 is 0. The van der Waals surface area contributed by atoms with Gasteiger partial charge in [-0.1, -0.05) is 0 Å². The Bertz CT molecular complexity index is 576. The Morgan fingerprint density at radius 3 is 1.68 bits per heavy atom. The highest BCUT2D eigenvalue weighted by Crippen LogP contribution is 2.03. The van der Waals surface area contributed by atoms with Crippen LogP contribution in [-0.4, -0.2) is 25.2 Å². The first-order valence-electron chi connectivity index (χ1n) is 6.51. The van der Waals surface area contributed by atoms with Crippen LogP contribution in [0.3, 0.4) is 0 Å². The van der Waals surface area contributed by atoms with Crippen LogP contribution in [0.1, 0.15) is 11.5 Å². The molecule has 0 fully saturated rings. The van der Waals surface area contributed by atoms with Crippen molar-refractivity contribution in [1.29, 1.82) is 0 Å². The van der Waals surface area contributed by atoms with E-state index in [0.717, 1.165) is 0 Å². The van der Waals surface area contributed by atoms with Gasteiger partial charge in [0.25, 0.3) is 0 Å². The van der Waals surface area contributed by atoms with Gasteiger partial charge in [-0.25, -0.2) is 9.59 Å². The lowest BCUT2D eigenvalue weighted by Crippen LogP contribution is -2.11. The number of hydrogen-bond acceptors (Lipinski definition) is 6. The van der Waals surface area contributed by atoms with E-state index in [1.807, 2.05) is 0 Å². The third-order valence-corrected chi connectivity index (χ3v) is 2.43. The molecular weight excluding hydrogens is 288 g/mol. The fraction of sp³-hybridized carbons (Fsp3) is 0.125. The Morgan fingerprint density at radius 2 is 1.32 bits per heavy atom. The minimum atomic E-state index is -0.543. The average molecular weight is 302 g/mol. The Labute approximate surface area is 126 Å². The summed E-state index contributed by atoms with van der Waals surface area (Å²) in [6.07, 6.45) is 8.44. The monoisotopic (exact) mass is 302 g/mol. The van der Waals surface area contributed by atoms with Crippen LogP contribution in [0.15, 0.2) is 57.8 Å². The van der Waals surface area contributed by atoms with Gasteiger partial charge in [-0.3, -0.25) is 0 Å². The molecule has 2 aromatic rings. The third-order valence-electron chi connectivity index (χ3n) is 2.43. The predicted molar refractivity (Wildman–Crippen MR) is 77.4 cm³/mol. The van der Waals surface area contributed by atoms with Crippen LogP contribution in [0.25, 0.3) is 12.2 Å². The summed E-state index contributed by atoms with van der Waals surface area (Å²) < 4.78 is 19.7. The summed E-state index contributed by atoms with van der Waals surface area (Å²) in [4.78, 5) is 22.7. The molecule has 0 spiro atoms. The van der Waals surface area contributed by atoms with Gasteiger partial charge in [0.05, 0.1) is 12.5 Å². The maximum Gasteiger partial charge on any atom is 0.331 e. The largest absolute Gasteiger partial charge is 0.465 e. The van der Waals surface area contributed by atoms with Crippen molar-refractivity contribution in [3.05, 3.63) is 60.5 Å². The standard InChI is InChI=1S/C16H14O6/c17-15(7-5-13-3-1-9-19-13)21-11-12-22-16(18)8-6-14-4-2-10-20-14/h1-10H,11-12H2/b7-5+,8-6+. The Hall–Kier alpha value is -3.02. The van der Waals surface area contributed by atoms with E-state index >= 15 is 0 Å². The molecule has 0 radical (unpaired) electrons. The van der Waals surface area contributed by atoms with Crippen molar-refractivity contribution in [2.24, 2.45) is 0 Å². The number of ether oxygens (including phenoxy) is 2. The molecule has 0 bridgehead atoms. The van der Waals surface area contributed by atoms with Gasteiger partial charge in [0.15, 0.2) is 0 Å². The first kappa shape index (κ1) is 15.4. The van der Waals surface area contributed by atoms with E-state index in [-0.39, 0.29) is 13.2 Å². The fourth-order valence-corrected chi connectivity index (χ4v) is 1.45. The van der Waals surface area contributed by atoms with Crippen molar-refractivity contribution in [2.45, 2.75) is 0 Å². The van der Waals surface area contributed by atoms with Gasteiger partial charge < -0.3 is 18.3 Å². The molecule has 0 aliphatic carbocycles. The molecule has 0 aromatic carbocycles. The van der Waals surface area contributed by atoms with Gasteiger partial charge in [-0.2, -0.15) is 0 Å². The molecule has 6 heteroatoms. The second kappa shape index (κ2) is 8.31. The summed E-state index contributed by atoms with van der Waals surface area (Å²) in [5, 5.41) is 0. The maximum atomic E-state index is 11.3. The van der Waals surface area contributed by atoms with Crippen LogP contribution >= 0.6 is 0 Å². The molecule has 0 saturated heterocycles. The third kappa shape index (κ3) is 5.54. The lowest BCUT2D eigenvalue weighted by atomic mass is 10.4. The second-order valence-electron chi connectivity index (χ2n) is 4.03. The van der Waals surface area contributed by atoms with E-state index < -0.39 is 11.9 Å². The highest BCUT2D eigenvalue weighted by atomic mass is 16.6. The Kier molecular flexibility index (Phi) is 5.80. The number of carbonyl (C=O) groups excluding carboxylic acids is 2. The van der Waals surface area contributed by atoms with Crippen molar-refractivity contribution in [1.82, 2.24) is 0 Å². The minimum absolute atomic E-state index is 0.0261. The topological polar surface area (TPSA) is 78.9 Å². The van der Waals surface area contributed by atoms with Gasteiger partial charge >= 0.3 is 11.9 Å². The van der Waals surface area contributed by atoms with Crippen LogP contribution in [0.2, 0.25) is 0 Å². The van der Waals surface area contributed by atoms with Gasteiger partial charge in [-0.05, 0) is 36.4 Å². The van der Waals surface area contributed by atoms with E-state index in [1.54, 1.807) is 24.3 Å². The van der Waals surface area contributed by atoms with Gasteiger partial charge in [-0.15, -0.1) is 0 Å². The van der Waals surface area contributed by atoms with Gasteiger partial charge in [0.2, 0.25) is 0 Å². The number of carbonyl (C=O) groups is 2. The molecule has 0 atom stereocenters. The van der Waals surface area contributed by atoms with Crippen LogP contribution in [0.5, 0.6) is 0 Å². The number of rotatable bonds is 7. The predicted octanol–water partition coefficient (Wildman–Crippen LogP) is 2.69. The molecule has 6 nitrogen and oxygen atoms in total. The summed E-state index contributed by atoms with van der Waals surface area (Å²) in [6, 6.07) is 6.83. The SMILES string of the molecule is O=C(/C=C/c1ccco1)OCCOC(=O)/C=C/c1ccco1. The van der Waals surface area contributed by atoms with Crippen LogP contribution in [0.4, 0.5) is 0 Å². The van der Waals surface area contributed by atoms with Crippen LogP contribution in [-0.2, 0) is 19.1 Å². The van der Waals surface area contributed by atoms with Crippen molar-refractivity contribution in [2.75, 3.05) is 13.2 Å². The summed E-state index contributed by atoms with van der Waals surface area (Å²) in [5.74, 6) is 0.00929. The summed E-state index contributed by atoms with van der Waals surface area (Å²) in [5.41, 5.74) is 0. The molecular formula is C16H14O6. The molecule has 0 aliphatic rings. The normalized spacial score (nSPS) is 11.1. The molecule has 0 saturated carbocycles.